The van der Waals surface area contributed by atoms with Crippen LogP contribution in [-0.4, -0.2) is 12.4 Å². The summed E-state index contributed by atoms with van der Waals surface area (Å²) in [5.41, 5.74) is 1.13. The van der Waals surface area contributed by atoms with Crippen molar-refractivity contribution in [2.24, 2.45) is 0 Å². The Kier molecular flexibility index (Phi) is 3.64. The summed E-state index contributed by atoms with van der Waals surface area (Å²) < 4.78 is 11.3. The van der Waals surface area contributed by atoms with E-state index >= 15 is 0 Å². The van der Waals surface area contributed by atoms with E-state index in [9.17, 15) is 4.79 Å². The molecule has 0 bridgehead atoms. The molecule has 0 radical (unpaired) electrons. The number of Topliss-reactive ketones (excluding diaryl/α,β-unsaturated/α-hetero) is 1. The van der Waals surface area contributed by atoms with Gasteiger partial charge in [0.05, 0.1) is 10.7 Å². The zero-order valence-corrected chi connectivity index (χ0v) is 10.9. The average molecular weight is 295 g/mol. The Morgan fingerprint density at radius 1 is 1.41 bits per heavy atom. The molecular weight excluding hydrogens is 284 g/mol. The molecule has 0 saturated heterocycles. The number of carbonyl (C=O) groups excluding carboxylic acids is 1. The monoisotopic (exact) mass is 294 g/mol. The second kappa shape index (κ2) is 5.19. The molecule has 1 aromatic carbocycles. The maximum Gasteiger partial charge on any atom is 0.235 e. The lowest BCUT2D eigenvalue weighted by molar-refractivity contribution is 0.0893. The second-order valence-corrected chi connectivity index (χ2v) is 4.48. The molecule has 0 atom stereocenters. The van der Waals surface area contributed by atoms with Gasteiger partial charge in [0.25, 0.3) is 0 Å². The molecule has 2 rings (SSSR count). The van der Waals surface area contributed by atoms with Gasteiger partial charge in [-0.2, -0.15) is 0 Å². The summed E-state index contributed by atoms with van der Waals surface area (Å²) in [6.45, 7) is 1.96. The van der Waals surface area contributed by atoms with Crippen molar-refractivity contribution in [2.45, 2.75) is 6.92 Å². The lowest BCUT2D eigenvalue weighted by Crippen LogP contribution is -2.10. The number of hydrogen-bond acceptors (Lipinski definition) is 3. The standard InChI is InChI=1S/C13H11BrO3/c1-9-4-5-12(10(14)7-9)17-8-11(15)13-3-2-6-16-13/h2-7H,8H2,1H3. The molecule has 1 aromatic heterocycles. The van der Waals surface area contributed by atoms with Gasteiger partial charge in [-0.15, -0.1) is 0 Å². The zero-order valence-electron chi connectivity index (χ0n) is 9.27. The summed E-state index contributed by atoms with van der Waals surface area (Å²) >= 11 is 3.39. The molecule has 0 N–H and O–H groups in total. The molecule has 1 heterocycles. The SMILES string of the molecule is Cc1ccc(OCC(=O)c2ccco2)c(Br)c1. The van der Waals surface area contributed by atoms with Gasteiger partial charge in [0.15, 0.2) is 12.4 Å². The predicted molar refractivity (Wildman–Crippen MR) is 67.4 cm³/mol. The van der Waals surface area contributed by atoms with Crippen LogP contribution in [0.3, 0.4) is 0 Å². The summed E-state index contributed by atoms with van der Waals surface area (Å²) in [5, 5.41) is 0. The highest BCUT2D eigenvalue weighted by Crippen LogP contribution is 2.25. The van der Waals surface area contributed by atoms with Crippen molar-refractivity contribution in [2.75, 3.05) is 6.61 Å². The Bertz CT molecular complexity index is 517. The zero-order chi connectivity index (χ0) is 12.3. The molecule has 0 aliphatic heterocycles. The first-order chi connectivity index (χ1) is 8.16. The number of aryl methyl sites for hydroxylation is 1. The Morgan fingerprint density at radius 2 is 2.24 bits per heavy atom. The van der Waals surface area contributed by atoms with E-state index in [2.05, 4.69) is 15.9 Å². The molecule has 0 aliphatic carbocycles. The van der Waals surface area contributed by atoms with Crippen LogP contribution in [0.2, 0.25) is 0 Å². The molecule has 0 amide bonds. The van der Waals surface area contributed by atoms with E-state index in [-0.39, 0.29) is 12.4 Å². The van der Waals surface area contributed by atoms with E-state index in [1.165, 1.54) is 6.26 Å². The third-order valence-corrected chi connectivity index (χ3v) is 2.86. The molecule has 0 fully saturated rings. The molecule has 4 heteroatoms. The summed E-state index contributed by atoms with van der Waals surface area (Å²) in [5.74, 6) is 0.784. The van der Waals surface area contributed by atoms with Crippen LogP contribution in [0.4, 0.5) is 0 Å². The third-order valence-electron chi connectivity index (χ3n) is 2.24. The van der Waals surface area contributed by atoms with Crippen molar-refractivity contribution in [3.63, 3.8) is 0 Å². The first-order valence-electron chi connectivity index (χ1n) is 5.12. The van der Waals surface area contributed by atoms with Gasteiger partial charge < -0.3 is 9.15 Å². The maximum absolute atomic E-state index is 11.6. The molecular formula is C13H11BrO3. The highest BCUT2D eigenvalue weighted by Gasteiger charge is 2.10. The summed E-state index contributed by atoms with van der Waals surface area (Å²) in [7, 11) is 0. The van der Waals surface area contributed by atoms with E-state index in [1.807, 2.05) is 25.1 Å². The predicted octanol–water partition coefficient (Wildman–Crippen LogP) is 3.61. The van der Waals surface area contributed by atoms with Crippen molar-refractivity contribution in [3.05, 3.63) is 52.4 Å². The van der Waals surface area contributed by atoms with Crippen LogP contribution in [-0.2, 0) is 0 Å². The van der Waals surface area contributed by atoms with E-state index in [1.54, 1.807) is 12.1 Å². The van der Waals surface area contributed by atoms with Gasteiger partial charge in [-0.3, -0.25) is 4.79 Å². The highest BCUT2D eigenvalue weighted by atomic mass is 79.9. The van der Waals surface area contributed by atoms with Crippen molar-refractivity contribution in [3.8, 4) is 5.75 Å². The smallest absolute Gasteiger partial charge is 0.235 e. The van der Waals surface area contributed by atoms with Crippen molar-refractivity contribution < 1.29 is 13.9 Å². The Balaban J connectivity index is 2.01. The number of rotatable bonds is 4. The average Bonchev–Trinajstić information content (AvgIpc) is 2.81. The number of carbonyl (C=O) groups is 1. The minimum Gasteiger partial charge on any atom is -0.484 e. The normalized spacial score (nSPS) is 10.2. The van der Waals surface area contributed by atoms with Crippen molar-refractivity contribution in [1.82, 2.24) is 0 Å². The first-order valence-corrected chi connectivity index (χ1v) is 5.92. The second-order valence-electron chi connectivity index (χ2n) is 3.62. The van der Waals surface area contributed by atoms with Gasteiger partial charge in [0.1, 0.15) is 5.75 Å². The fourth-order valence-corrected chi connectivity index (χ4v) is 1.98. The molecule has 3 nitrogen and oxygen atoms in total. The number of benzene rings is 1. The van der Waals surface area contributed by atoms with Gasteiger partial charge >= 0.3 is 0 Å². The summed E-state index contributed by atoms with van der Waals surface area (Å²) in [4.78, 5) is 11.6. The summed E-state index contributed by atoms with van der Waals surface area (Å²) in [6.07, 6.45) is 1.47. The topological polar surface area (TPSA) is 39.4 Å². The van der Waals surface area contributed by atoms with Gasteiger partial charge in [0.2, 0.25) is 5.78 Å². The van der Waals surface area contributed by atoms with Crippen LogP contribution in [0.15, 0.2) is 45.5 Å². The van der Waals surface area contributed by atoms with E-state index in [0.717, 1.165) is 10.0 Å². The quantitative estimate of drug-likeness (QED) is 0.809. The van der Waals surface area contributed by atoms with Crippen LogP contribution in [0.25, 0.3) is 0 Å². The fourth-order valence-electron chi connectivity index (χ4n) is 1.37. The van der Waals surface area contributed by atoms with Gasteiger partial charge in [-0.05, 0) is 52.7 Å². The van der Waals surface area contributed by atoms with Crippen LogP contribution in [0, 0.1) is 6.92 Å². The van der Waals surface area contributed by atoms with E-state index in [0.29, 0.717) is 11.5 Å². The van der Waals surface area contributed by atoms with Crippen molar-refractivity contribution in [1.29, 1.82) is 0 Å². The lowest BCUT2D eigenvalue weighted by Gasteiger charge is -2.07. The molecule has 0 unspecified atom stereocenters. The van der Waals surface area contributed by atoms with E-state index < -0.39 is 0 Å². The largest absolute Gasteiger partial charge is 0.484 e. The third kappa shape index (κ3) is 2.97. The number of halogens is 1. The lowest BCUT2D eigenvalue weighted by atomic mass is 10.2. The van der Waals surface area contributed by atoms with Gasteiger partial charge in [-0.1, -0.05) is 6.07 Å². The first kappa shape index (κ1) is 11.9. The molecule has 2 aromatic rings. The number of furan rings is 1. The number of hydrogen-bond donors (Lipinski definition) is 0. The Hall–Kier alpha value is -1.55. The molecule has 0 spiro atoms. The summed E-state index contributed by atoms with van der Waals surface area (Å²) in [6, 6.07) is 8.99. The minimum atomic E-state index is -0.178. The van der Waals surface area contributed by atoms with Gasteiger partial charge in [0, 0.05) is 0 Å². The van der Waals surface area contributed by atoms with Crippen LogP contribution in [0.1, 0.15) is 16.1 Å². The molecule has 17 heavy (non-hydrogen) atoms. The van der Waals surface area contributed by atoms with Crippen LogP contribution in [0.5, 0.6) is 5.75 Å². The van der Waals surface area contributed by atoms with Crippen molar-refractivity contribution >= 4 is 21.7 Å². The molecule has 0 saturated carbocycles. The Labute approximate surface area is 108 Å². The van der Waals surface area contributed by atoms with E-state index in [4.69, 9.17) is 9.15 Å². The maximum atomic E-state index is 11.6. The number of ether oxygens (including phenoxy) is 1. The molecule has 0 aliphatic rings. The van der Waals surface area contributed by atoms with Gasteiger partial charge in [-0.25, -0.2) is 0 Å². The van der Waals surface area contributed by atoms with Crippen LogP contribution >= 0.6 is 15.9 Å². The number of ketones is 1. The fraction of sp³-hybridized carbons (Fsp3) is 0.154. The highest BCUT2D eigenvalue weighted by molar-refractivity contribution is 9.10. The Morgan fingerprint density at radius 3 is 2.88 bits per heavy atom. The van der Waals surface area contributed by atoms with Crippen LogP contribution < -0.4 is 4.74 Å². The molecule has 88 valence electrons. The minimum absolute atomic E-state index is 0.0326.